The first kappa shape index (κ1) is 15.0. The summed E-state index contributed by atoms with van der Waals surface area (Å²) in [4.78, 5) is 8.94. The van der Waals surface area contributed by atoms with Gasteiger partial charge in [-0.2, -0.15) is 0 Å². The molecule has 2 atom stereocenters. The normalized spacial score (nSPS) is 22.9. The van der Waals surface area contributed by atoms with Gasteiger partial charge in [-0.1, -0.05) is 20.8 Å². The molecule has 0 aromatic carbocycles. The lowest BCUT2D eigenvalue weighted by Crippen LogP contribution is -2.21. The quantitative estimate of drug-likeness (QED) is 0.494. The summed E-state index contributed by atoms with van der Waals surface area (Å²) in [5.41, 5.74) is 2.45. The van der Waals surface area contributed by atoms with Crippen molar-refractivity contribution in [1.82, 2.24) is 9.97 Å². The third-order valence-electron chi connectivity index (χ3n) is 3.63. The van der Waals surface area contributed by atoms with Crippen LogP contribution in [0.25, 0.3) is 0 Å². The molecule has 1 aromatic heterocycles. The molecule has 0 aliphatic heterocycles. The summed E-state index contributed by atoms with van der Waals surface area (Å²) >= 11 is 0. The van der Waals surface area contributed by atoms with Crippen molar-refractivity contribution in [3.63, 3.8) is 0 Å². The Bertz CT molecular complexity index is 457. The molecule has 0 bridgehead atoms. The zero-order chi connectivity index (χ0) is 14.8. The highest BCUT2D eigenvalue weighted by Crippen LogP contribution is 2.26. The third-order valence-corrected chi connectivity index (χ3v) is 3.63. The molecule has 1 aromatic rings. The van der Waals surface area contributed by atoms with E-state index in [1.165, 1.54) is 0 Å². The Labute approximate surface area is 120 Å². The summed E-state index contributed by atoms with van der Waals surface area (Å²) in [6.07, 6.45) is 2.69. The maximum Gasteiger partial charge on any atom is 0.145 e. The van der Waals surface area contributed by atoms with E-state index in [-0.39, 0.29) is 11.5 Å². The highest BCUT2D eigenvalue weighted by atomic mass is 16.3. The van der Waals surface area contributed by atoms with Gasteiger partial charge >= 0.3 is 0 Å². The fourth-order valence-corrected chi connectivity index (χ4v) is 2.43. The summed E-state index contributed by atoms with van der Waals surface area (Å²) in [5, 5.41) is 12.9. The number of nitrogens with two attached hydrogens (primary N) is 1. The Balaban J connectivity index is 2.07. The van der Waals surface area contributed by atoms with Gasteiger partial charge in [0.05, 0.1) is 6.10 Å². The van der Waals surface area contributed by atoms with Crippen LogP contribution in [0.4, 0.5) is 11.6 Å². The van der Waals surface area contributed by atoms with Crippen molar-refractivity contribution >= 4 is 11.6 Å². The predicted octanol–water partition coefficient (Wildman–Crippen LogP) is 1.63. The predicted molar refractivity (Wildman–Crippen MR) is 80.4 cm³/mol. The number of nitrogens with one attached hydrogen (secondary N) is 2. The molecule has 0 saturated heterocycles. The minimum atomic E-state index is -0.140. The fraction of sp³-hybridized carbons (Fsp3) is 0.714. The molecule has 5 N–H and O–H groups in total. The van der Waals surface area contributed by atoms with E-state index in [0.29, 0.717) is 11.7 Å². The van der Waals surface area contributed by atoms with Crippen LogP contribution in [0.3, 0.4) is 0 Å². The number of hydrogen-bond donors (Lipinski definition) is 4. The molecule has 1 aliphatic carbocycles. The highest BCUT2D eigenvalue weighted by molar-refractivity contribution is 5.47. The van der Waals surface area contributed by atoms with Crippen molar-refractivity contribution in [3.05, 3.63) is 11.9 Å². The van der Waals surface area contributed by atoms with Crippen LogP contribution in [0, 0.1) is 5.92 Å². The molecule has 0 amide bonds. The molecule has 1 aliphatic rings. The number of hydrogen-bond acceptors (Lipinski definition) is 6. The Hall–Kier alpha value is -1.40. The van der Waals surface area contributed by atoms with E-state index in [9.17, 15) is 5.11 Å². The molecule has 20 heavy (non-hydrogen) atoms. The smallest absolute Gasteiger partial charge is 0.145 e. The van der Waals surface area contributed by atoms with E-state index in [4.69, 9.17) is 5.84 Å². The SMILES string of the molecule is CC(C)(C)c1nc(NN)cc(NCC2CCC(O)C2)n1. The van der Waals surface area contributed by atoms with E-state index in [1.807, 2.05) is 0 Å². The van der Waals surface area contributed by atoms with Crippen molar-refractivity contribution in [2.45, 2.75) is 51.6 Å². The molecule has 1 heterocycles. The van der Waals surface area contributed by atoms with Gasteiger partial charge in [0.2, 0.25) is 0 Å². The molecule has 6 heteroatoms. The van der Waals surface area contributed by atoms with E-state index in [1.54, 1.807) is 6.07 Å². The molecule has 6 nitrogen and oxygen atoms in total. The summed E-state index contributed by atoms with van der Waals surface area (Å²) in [5.74, 6) is 8.11. The molecular formula is C14H25N5O. The number of aliphatic hydroxyl groups is 1. The first-order valence-electron chi connectivity index (χ1n) is 7.16. The lowest BCUT2D eigenvalue weighted by atomic mass is 9.96. The monoisotopic (exact) mass is 279 g/mol. The lowest BCUT2D eigenvalue weighted by Gasteiger charge is -2.19. The van der Waals surface area contributed by atoms with Gasteiger partial charge in [-0.15, -0.1) is 0 Å². The van der Waals surface area contributed by atoms with Crippen LogP contribution in [0.2, 0.25) is 0 Å². The second kappa shape index (κ2) is 5.93. The van der Waals surface area contributed by atoms with Crippen molar-refractivity contribution in [1.29, 1.82) is 0 Å². The minimum Gasteiger partial charge on any atom is -0.393 e. The largest absolute Gasteiger partial charge is 0.393 e. The van der Waals surface area contributed by atoms with Gasteiger partial charge in [0.15, 0.2) is 0 Å². The number of rotatable bonds is 4. The van der Waals surface area contributed by atoms with Crippen LogP contribution in [0.1, 0.15) is 45.9 Å². The maximum absolute atomic E-state index is 9.55. The number of nitrogen functional groups attached to an aromatic ring is 1. The zero-order valence-corrected chi connectivity index (χ0v) is 12.5. The molecule has 2 rings (SSSR count). The number of anilines is 2. The Morgan fingerprint density at radius 2 is 2.00 bits per heavy atom. The number of hydrazine groups is 1. The van der Waals surface area contributed by atoms with Crippen molar-refractivity contribution in [2.24, 2.45) is 11.8 Å². The first-order valence-corrected chi connectivity index (χ1v) is 7.16. The maximum atomic E-state index is 9.55. The second-order valence-corrected chi connectivity index (χ2v) is 6.57. The molecule has 112 valence electrons. The van der Waals surface area contributed by atoms with E-state index >= 15 is 0 Å². The Morgan fingerprint density at radius 3 is 2.55 bits per heavy atom. The molecule has 1 fully saturated rings. The summed E-state index contributed by atoms with van der Waals surface area (Å²) in [7, 11) is 0. The van der Waals surface area contributed by atoms with E-state index < -0.39 is 0 Å². The molecule has 1 saturated carbocycles. The summed E-state index contributed by atoms with van der Waals surface area (Å²) in [6, 6.07) is 1.81. The van der Waals surface area contributed by atoms with Crippen LogP contribution in [0.15, 0.2) is 6.07 Å². The van der Waals surface area contributed by atoms with Gasteiger partial charge in [0, 0.05) is 18.0 Å². The van der Waals surface area contributed by atoms with Crippen LogP contribution < -0.4 is 16.6 Å². The van der Waals surface area contributed by atoms with Gasteiger partial charge < -0.3 is 15.8 Å². The van der Waals surface area contributed by atoms with E-state index in [2.05, 4.69) is 41.5 Å². The van der Waals surface area contributed by atoms with E-state index in [0.717, 1.165) is 37.4 Å². The van der Waals surface area contributed by atoms with Gasteiger partial charge in [-0.3, -0.25) is 0 Å². The molecular weight excluding hydrogens is 254 g/mol. The molecule has 0 spiro atoms. The molecule has 0 radical (unpaired) electrons. The zero-order valence-electron chi connectivity index (χ0n) is 12.5. The van der Waals surface area contributed by atoms with Crippen molar-refractivity contribution < 1.29 is 5.11 Å². The summed E-state index contributed by atoms with van der Waals surface area (Å²) < 4.78 is 0. The Kier molecular flexibility index (Phi) is 4.45. The molecule has 2 unspecified atom stereocenters. The van der Waals surface area contributed by atoms with Crippen LogP contribution in [-0.2, 0) is 5.41 Å². The topological polar surface area (TPSA) is 96.1 Å². The number of aromatic nitrogens is 2. The Morgan fingerprint density at radius 1 is 1.30 bits per heavy atom. The van der Waals surface area contributed by atoms with Crippen LogP contribution in [0.5, 0.6) is 0 Å². The number of aliphatic hydroxyl groups excluding tert-OH is 1. The minimum absolute atomic E-state index is 0.132. The number of nitrogens with zero attached hydrogens (tertiary/aromatic N) is 2. The summed E-state index contributed by atoms with van der Waals surface area (Å²) in [6.45, 7) is 7.03. The van der Waals surface area contributed by atoms with Crippen molar-refractivity contribution in [3.8, 4) is 0 Å². The van der Waals surface area contributed by atoms with Gasteiger partial charge in [-0.25, -0.2) is 15.8 Å². The second-order valence-electron chi connectivity index (χ2n) is 6.57. The average Bonchev–Trinajstić information content (AvgIpc) is 2.81. The van der Waals surface area contributed by atoms with Gasteiger partial charge in [0.25, 0.3) is 0 Å². The fourth-order valence-electron chi connectivity index (χ4n) is 2.43. The van der Waals surface area contributed by atoms with Crippen molar-refractivity contribution in [2.75, 3.05) is 17.3 Å². The lowest BCUT2D eigenvalue weighted by molar-refractivity contribution is 0.178. The first-order chi connectivity index (χ1) is 9.38. The highest BCUT2D eigenvalue weighted by Gasteiger charge is 2.23. The van der Waals surface area contributed by atoms with Crippen LogP contribution in [-0.4, -0.2) is 27.7 Å². The van der Waals surface area contributed by atoms with Gasteiger partial charge in [0.1, 0.15) is 17.5 Å². The van der Waals surface area contributed by atoms with Crippen LogP contribution >= 0.6 is 0 Å². The third kappa shape index (κ3) is 3.80. The van der Waals surface area contributed by atoms with Gasteiger partial charge in [-0.05, 0) is 25.2 Å². The standard InChI is InChI=1S/C14H25N5O/c1-14(2,3)13-17-11(7-12(18-13)19-15)16-8-9-4-5-10(20)6-9/h7,9-10,20H,4-6,8,15H2,1-3H3,(H2,16,17,18,19). The average molecular weight is 279 g/mol.